The smallest absolute Gasteiger partial charge is 0.146 e. The van der Waals surface area contributed by atoms with E-state index in [9.17, 15) is 4.39 Å². The van der Waals surface area contributed by atoms with Gasteiger partial charge >= 0.3 is 0 Å². The van der Waals surface area contributed by atoms with Crippen molar-refractivity contribution in [3.05, 3.63) is 41.2 Å². The van der Waals surface area contributed by atoms with Crippen LogP contribution in [0.5, 0.6) is 0 Å². The molecule has 1 aromatic carbocycles. The molecule has 0 bridgehead atoms. The Kier molecular flexibility index (Phi) is 5.15. The molecule has 0 spiro atoms. The van der Waals surface area contributed by atoms with Crippen LogP contribution in [0.15, 0.2) is 29.8 Å². The van der Waals surface area contributed by atoms with Gasteiger partial charge in [-0.15, -0.1) is 0 Å². The van der Waals surface area contributed by atoms with E-state index in [1.807, 2.05) is 13.1 Å². The Morgan fingerprint density at radius 2 is 2.25 bits per heavy atom. The standard InChI is InChI=1S/C16H23FN2O/c1-12(18-2)14-5-4-6-15(17)16(14)19-9-7-13(8-10-19)11-20-3/h4-7,12,18H,8-11H2,1-3H3. The number of nitrogens with one attached hydrogen (secondary N) is 1. The molecule has 20 heavy (non-hydrogen) atoms. The van der Waals surface area contributed by atoms with Crippen molar-refractivity contribution in [2.75, 3.05) is 38.8 Å². The summed E-state index contributed by atoms with van der Waals surface area (Å²) in [5.74, 6) is -0.145. The van der Waals surface area contributed by atoms with Gasteiger partial charge < -0.3 is 15.0 Å². The topological polar surface area (TPSA) is 24.5 Å². The lowest BCUT2D eigenvalue weighted by Crippen LogP contribution is -2.32. The Morgan fingerprint density at radius 3 is 2.85 bits per heavy atom. The van der Waals surface area contributed by atoms with Gasteiger partial charge in [-0.05, 0) is 37.6 Å². The maximum Gasteiger partial charge on any atom is 0.146 e. The number of methoxy groups -OCH3 is 1. The molecule has 0 aliphatic carbocycles. The summed E-state index contributed by atoms with van der Waals surface area (Å²) in [6.07, 6.45) is 3.07. The molecular formula is C16H23FN2O. The molecule has 0 radical (unpaired) electrons. The fourth-order valence-corrected chi connectivity index (χ4v) is 2.60. The average Bonchev–Trinajstić information content (AvgIpc) is 2.47. The molecule has 1 unspecified atom stereocenters. The molecule has 0 fully saturated rings. The summed E-state index contributed by atoms with van der Waals surface area (Å²) in [5.41, 5.74) is 3.03. The molecule has 110 valence electrons. The van der Waals surface area contributed by atoms with Crippen LogP contribution in [0, 0.1) is 5.82 Å². The number of anilines is 1. The van der Waals surface area contributed by atoms with Crippen LogP contribution in [0.25, 0.3) is 0 Å². The summed E-state index contributed by atoms with van der Waals surface area (Å²) in [6.45, 7) is 4.29. The SMILES string of the molecule is CNC(C)c1cccc(F)c1N1CC=C(COC)CC1. The third-order valence-electron chi connectivity index (χ3n) is 3.87. The van der Waals surface area contributed by atoms with Crippen LogP contribution in [-0.4, -0.2) is 33.9 Å². The highest BCUT2D eigenvalue weighted by molar-refractivity contribution is 5.57. The van der Waals surface area contributed by atoms with Crippen LogP contribution in [-0.2, 0) is 4.74 Å². The maximum atomic E-state index is 14.3. The number of para-hydroxylation sites is 1. The zero-order valence-electron chi connectivity index (χ0n) is 12.4. The van der Waals surface area contributed by atoms with Crippen molar-refractivity contribution in [3.8, 4) is 0 Å². The molecule has 3 nitrogen and oxygen atoms in total. The van der Waals surface area contributed by atoms with Crippen molar-refractivity contribution >= 4 is 5.69 Å². The first kappa shape index (κ1) is 15.0. The maximum absolute atomic E-state index is 14.3. The molecule has 0 aromatic heterocycles. The van der Waals surface area contributed by atoms with E-state index in [1.54, 1.807) is 13.2 Å². The van der Waals surface area contributed by atoms with Crippen molar-refractivity contribution in [3.63, 3.8) is 0 Å². The van der Waals surface area contributed by atoms with Gasteiger partial charge in [0.1, 0.15) is 5.82 Å². The average molecular weight is 278 g/mol. The zero-order valence-corrected chi connectivity index (χ0v) is 12.4. The quantitative estimate of drug-likeness (QED) is 0.838. The normalized spacial score (nSPS) is 17.0. The van der Waals surface area contributed by atoms with Gasteiger partial charge in [-0.25, -0.2) is 4.39 Å². The lowest BCUT2D eigenvalue weighted by Gasteiger charge is -2.31. The highest BCUT2D eigenvalue weighted by atomic mass is 19.1. The Morgan fingerprint density at radius 1 is 1.45 bits per heavy atom. The molecule has 1 heterocycles. The molecular weight excluding hydrogens is 255 g/mol. The Bertz CT molecular complexity index is 487. The minimum atomic E-state index is -0.145. The van der Waals surface area contributed by atoms with E-state index in [4.69, 9.17) is 4.74 Å². The van der Waals surface area contributed by atoms with E-state index in [0.29, 0.717) is 6.61 Å². The van der Waals surface area contributed by atoms with Crippen molar-refractivity contribution in [2.24, 2.45) is 0 Å². The monoisotopic (exact) mass is 278 g/mol. The fourth-order valence-electron chi connectivity index (χ4n) is 2.60. The minimum absolute atomic E-state index is 0.130. The van der Waals surface area contributed by atoms with E-state index >= 15 is 0 Å². The predicted molar refractivity (Wildman–Crippen MR) is 80.7 cm³/mol. The number of nitrogens with zero attached hydrogens (tertiary/aromatic N) is 1. The molecule has 1 N–H and O–H groups in total. The molecule has 0 saturated heterocycles. The molecule has 4 heteroatoms. The predicted octanol–water partition coefficient (Wildman–Crippen LogP) is 2.89. The summed E-state index contributed by atoms with van der Waals surface area (Å²) < 4.78 is 19.4. The van der Waals surface area contributed by atoms with Gasteiger partial charge in [-0.3, -0.25) is 0 Å². The fraction of sp³-hybridized carbons (Fsp3) is 0.500. The van der Waals surface area contributed by atoms with Crippen LogP contribution >= 0.6 is 0 Å². The van der Waals surface area contributed by atoms with E-state index in [1.165, 1.54) is 11.6 Å². The largest absolute Gasteiger partial charge is 0.380 e. The van der Waals surface area contributed by atoms with Crippen LogP contribution in [0.2, 0.25) is 0 Å². The van der Waals surface area contributed by atoms with Crippen LogP contribution in [0.3, 0.4) is 0 Å². The van der Waals surface area contributed by atoms with Gasteiger partial charge in [0, 0.05) is 26.2 Å². The number of rotatable bonds is 5. The number of benzene rings is 1. The molecule has 0 amide bonds. The number of hydrogen-bond acceptors (Lipinski definition) is 3. The lowest BCUT2D eigenvalue weighted by molar-refractivity contribution is 0.222. The Hall–Kier alpha value is -1.39. The Balaban J connectivity index is 2.25. The van der Waals surface area contributed by atoms with Crippen LogP contribution < -0.4 is 10.2 Å². The highest BCUT2D eigenvalue weighted by Gasteiger charge is 2.20. The Labute approximate surface area is 120 Å². The minimum Gasteiger partial charge on any atom is -0.380 e. The first-order valence-electron chi connectivity index (χ1n) is 7.04. The highest BCUT2D eigenvalue weighted by Crippen LogP contribution is 2.31. The third kappa shape index (κ3) is 3.19. The van der Waals surface area contributed by atoms with E-state index < -0.39 is 0 Å². The number of halogens is 1. The zero-order chi connectivity index (χ0) is 14.5. The molecule has 0 saturated carbocycles. The summed E-state index contributed by atoms with van der Waals surface area (Å²) in [5, 5.41) is 3.19. The van der Waals surface area contributed by atoms with Gasteiger partial charge in [0.05, 0.1) is 12.3 Å². The number of ether oxygens (including phenoxy) is 1. The molecule has 1 aromatic rings. The van der Waals surface area contributed by atoms with Crippen molar-refractivity contribution < 1.29 is 9.13 Å². The molecule has 1 aliphatic rings. The molecule has 1 aliphatic heterocycles. The third-order valence-corrected chi connectivity index (χ3v) is 3.87. The van der Waals surface area contributed by atoms with E-state index in [-0.39, 0.29) is 11.9 Å². The molecule has 1 atom stereocenters. The van der Waals surface area contributed by atoms with Gasteiger partial charge in [-0.1, -0.05) is 18.2 Å². The van der Waals surface area contributed by atoms with Gasteiger partial charge in [0.25, 0.3) is 0 Å². The van der Waals surface area contributed by atoms with E-state index in [2.05, 4.69) is 23.2 Å². The van der Waals surface area contributed by atoms with Gasteiger partial charge in [-0.2, -0.15) is 0 Å². The first-order chi connectivity index (χ1) is 9.67. The number of hydrogen-bond donors (Lipinski definition) is 1. The molecule has 2 rings (SSSR count). The van der Waals surface area contributed by atoms with Crippen LogP contribution in [0.1, 0.15) is 24.9 Å². The van der Waals surface area contributed by atoms with Crippen molar-refractivity contribution in [2.45, 2.75) is 19.4 Å². The van der Waals surface area contributed by atoms with Crippen molar-refractivity contribution in [1.29, 1.82) is 0 Å². The second kappa shape index (κ2) is 6.86. The van der Waals surface area contributed by atoms with Crippen molar-refractivity contribution in [1.82, 2.24) is 5.32 Å². The summed E-state index contributed by atoms with van der Waals surface area (Å²) in [4.78, 5) is 2.11. The lowest BCUT2D eigenvalue weighted by atomic mass is 10.0. The second-order valence-corrected chi connectivity index (χ2v) is 5.18. The summed E-state index contributed by atoms with van der Waals surface area (Å²) in [7, 11) is 3.60. The first-order valence-corrected chi connectivity index (χ1v) is 7.04. The van der Waals surface area contributed by atoms with Gasteiger partial charge in [0.2, 0.25) is 0 Å². The van der Waals surface area contributed by atoms with Crippen LogP contribution in [0.4, 0.5) is 10.1 Å². The summed E-state index contributed by atoms with van der Waals surface area (Å²) >= 11 is 0. The van der Waals surface area contributed by atoms with Gasteiger partial charge in [0.15, 0.2) is 0 Å². The second-order valence-electron chi connectivity index (χ2n) is 5.18. The van der Waals surface area contributed by atoms with E-state index in [0.717, 1.165) is 30.8 Å². The summed E-state index contributed by atoms with van der Waals surface area (Å²) in [6, 6.07) is 5.44.